The minimum atomic E-state index is 0. The molecule has 0 aromatic heterocycles. The van der Waals surface area contributed by atoms with E-state index in [0.717, 1.165) is 16.7 Å². The van der Waals surface area contributed by atoms with E-state index in [9.17, 15) is 0 Å². The van der Waals surface area contributed by atoms with Crippen molar-refractivity contribution >= 4 is 17.7 Å². The second-order valence-corrected chi connectivity index (χ2v) is 5.90. The minimum absolute atomic E-state index is 0. The zero-order chi connectivity index (χ0) is 16.8. The zero-order valence-corrected chi connectivity index (χ0v) is 14.3. The molecule has 2 aromatic carbocycles. The lowest BCUT2D eigenvalue weighted by Gasteiger charge is -2.09. The number of rotatable bonds is 5. The second kappa shape index (κ2) is 11.9. The van der Waals surface area contributed by atoms with Gasteiger partial charge in [0.2, 0.25) is 0 Å². The normalized spacial score (nSPS) is 9.96. The third kappa shape index (κ3) is 6.72. The van der Waals surface area contributed by atoms with Crippen molar-refractivity contribution in [3.8, 4) is 0 Å². The molecule has 2 rings (SSSR count). The average Bonchev–Trinajstić information content (AvgIpc) is 2.55. The van der Waals surface area contributed by atoms with Gasteiger partial charge in [-0.2, -0.15) is 0 Å². The van der Waals surface area contributed by atoms with Crippen LogP contribution in [0.5, 0.6) is 0 Å². The van der Waals surface area contributed by atoms with Crippen LogP contribution in [0.2, 0.25) is 0 Å². The Morgan fingerprint density at radius 2 is 1.19 bits per heavy atom. The molecule has 0 atom stereocenters. The maximum absolute atomic E-state index is 4.15. The molecule has 0 radical (unpaired) electrons. The first kappa shape index (κ1) is 25.6. The molecule has 0 fully saturated rings. The molecule has 0 saturated heterocycles. The van der Waals surface area contributed by atoms with Gasteiger partial charge in [0.25, 0.3) is 0 Å². The quantitative estimate of drug-likeness (QED) is 0.475. The fraction of sp³-hybridized carbons (Fsp3) is 0.231. The number of hydrogen-bond acceptors (Lipinski definition) is 0. The van der Waals surface area contributed by atoms with Crippen LogP contribution in [0, 0.1) is 13.8 Å². The molecule has 0 unspecified atom stereocenters. The van der Waals surface area contributed by atoms with E-state index in [0.29, 0.717) is 0 Å². The summed E-state index contributed by atoms with van der Waals surface area (Å²) in [5.74, 6) is 0. The highest BCUT2D eigenvalue weighted by Gasteiger charge is 2.03. The Hall–Kier alpha value is -2.60. The highest BCUT2D eigenvalue weighted by atomic mass is 14.1. The van der Waals surface area contributed by atoms with E-state index in [4.69, 9.17) is 0 Å². The van der Waals surface area contributed by atoms with Crippen LogP contribution in [0.15, 0.2) is 73.3 Å². The predicted molar refractivity (Wildman–Crippen MR) is 124 cm³/mol. The first-order valence-corrected chi connectivity index (χ1v) is 7.85. The van der Waals surface area contributed by atoms with Gasteiger partial charge in [-0.15, -0.1) is 0 Å². The summed E-state index contributed by atoms with van der Waals surface area (Å²) in [4.78, 5) is 0. The lowest BCUT2D eigenvalue weighted by Crippen LogP contribution is -1.90. The molecule has 0 nitrogen and oxygen atoms in total. The Bertz CT molecular complexity index is 771. The number of benzene rings is 2. The maximum Gasteiger partial charge on any atom is -0.0190 e. The summed E-state index contributed by atoms with van der Waals surface area (Å²) in [6, 6.07) is 14.6. The minimum Gasteiger partial charge on any atom is -0.0961 e. The van der Waals surface area contributed by atoms with Gasteiger partial charge in [0, 0.05) is 0 Å². The van der Waals surface area contributed by atoms with Gasteiger partial charge in [-0.3, -0.25) is 0 Å². The standard InChI is InChI=1S/C23H24.3CH4/c1-17(2)11-13-22-15-16-23(20(5)19(22)4)14-12-18(3)21-9-7-6-8-10-21;;;/h6-16H,1,3H2,2,4-5H3;3*1H4/b13-11-,14-12-;;;. The highest BCUT2D eigenvalue weighted by Crippen LogP contribution is 2.22. The first-order valence-electron chi connectivity index (χ1n) is 7.85. The van der Waals surface area contributed by atoms with Crippen LogP contribution in [0.1, 0.15) is 57.0 Å². The smallest absolute Gasteiger partial charge is 0.0190 e. The fourth-order valence-electron chi connectivity index (χ4n) is 2.39. The molecule has 26 heavy (non-hydrogen) atoms. The number of hydrogen-bond donors (Lipinski definition) is 0. The SMILES string of the molecule is C.C.C.C=C(C)/C=C\c1ccc(/C=C\C(=C)c2ccccc2)c(C)c1C. The summed E-state index contributed by atoms with van der Waals surface area (Å²) < 4.78 is 0. The van der Waals surface area contributed by atoms with Gasteiger partial charge in [-0.25, -0.2) is 0 Å². The molecule has 2 aromatic rings. The first-order chi connectivity index (χ1) is 11.0. The van der Waals surface area contributed by atoms with Gasteiger partial charge < -0.3 is 0 Å². The molecule has 0 aliphatic carbocycles. The molecule has 0 heteroatoms. The Morgan fingerprint density at radius 1 is 0.731 bits per heavy atom. The van der Waals surface area contributed by atoms with Crippen molar-refractivity contribution in [2.45, 2.75) is 43.1 Å². The Balaban J connectivity index is 0. The van der Waals surface area contributed by atoms with Gasteiger partial charge in [-0.1, -0.05) is 108 Å². The lowest BCUT2D eigenvalue weighted by atomic mass is 9.96. The van der Waals surface area contributed by atoms with E-state index in [-0.39, 0.29) is 22.3 Å². The largest absolute Gasteiger partial charge is 0.0961 e. The van der Waals surface area contributed by atoms with Crippen LogP contribution in [-0.2, 0) is 0 Å². The molecule has 0 aliphatic heterocycles. The van der Waals surface area contributed by atoms with Crippen LogP contribution >= 0.6 is 0 Å². The predicted octanol–water partition coefficient (Wildman–Crippen LogP) is 8.53. The van der Waals surface area contributed by atoms with Gasteiger partial charge >= 0.3 is 0 Å². The van der Waals surface area contributed by atoms with Crippen LogP contribution in [0.25, 0.3) is 17.7 Å². The van der Waals surface area contributed by atoms with E-state index >= 15 is 0 Å². The van der Waals surface area contributed by atoms with E-state index in [2.05, 4.69) is 75.6 Å². The van der Waals surface area contributed by atoms with Gasteiger partial charge in [0.1, 0.15) is 0 Å². The summed E-state index contributed by atoms with van der Waals surface area (Å²) in [5.41, 5.74) is 8.30. The summed E-state index contributed by atoms with van der Waals surface area (Å²) >= 11 is 0. The highest BCUT2D eigenvalue weighted by molar-refractivity contribution is 5.78. The Labute approximate surface area is 162 Å². The van der Waals surface area contributed by atoms with Crippen molar-refractivity contribution in [3.05, 3.63) is 101 Å². The summed E-state index contributed by atoms with van der Waals surface area (Å²) in [5, 5.41) is 0. The molecule has 0 saturated carbocycles. The van der Waals surface area contributed by atoms with Crippen LogP contribution in [0.4, 0.5) is 0 Å². The van der Waals surface area contributed by atoms with E-state index in [1.807, 2.05) is 25.1 Å². The molecule has 140 valence electrons. The average molecular weight is 349 g/mol. The molecule has 0 N–H and O–H groups in total. The van der Waals surface area contributed by atoms with Crippen molar-refractivity contribution in [3.63, 3.8) is 0 Å². The molecule has 0 amide bonds. The third-order valence-corrected chi connectivity index (χ3v) is 4.03. The second-order valence-electron chi connectivity index (χ2n) is 5.90. The zero-order valence-electron chi connectivity index (χ0n) is 14.3. The van der Waals surface area contributed by atoms with E-state index < -0.39 is 0 Å². The third-order valence-electron chi connectivity index (χ3n) is 4.03. The maximum atomic E-state index is 4.15. The van der Waals surface area contributed by atoms with Gasteiger partial charge in [0.05, 0.1) is 0 Å². The van der Waals surface area contributed by atoms with Crippen molar-refractivity contribution in [1.29, 1.82) is 0 Å². The van der Waals surface area contributed by atoms with Crippen molar-refractivity contribution in [2.75, 3.05) is 0 Å². The summed E-state index contributed by atoms with van der Waals surface area (Å²) in [7, 11) is 0. The van der Waals surface area contributed by atoms with Crippen LogP contribution in [0.3, 0.4) is 0 Å². The monoisotopic (exact) mass is 348 g/mol. The Morgan fingerprint density at radius 3 is 1.65 bits per heavy atom. The summed E-state index contributed by atoms with van der Waals surface area (Å²) in [6.07, 6.45) is 8.40. The molecule has 0 spiro atoms. The molecule has 0 aliphatic rings. The topological polar surface area (TPSA) is 0 Å². The number of allylic oxidation sites excluding steroid dienone is 4. The van der Waals surface area contributed by atoms with E-state index in [1.165, 1.54) is 22.3 Å². The molecular formula is C26H36. The Kier molecular flexibility index (Phi) is 11.7. The van der Waals surface area contributed by atoms with Crippen molar-refractivity contribution < 1.29 is 0 Å². The van der Waals surface area contributed by atoms with Crippen molar-refractivity contribution in [2.24, 2.45) is 0 Å². The molecular weight excluding hydrogens is 312 g/mol. The van der Waals surface area contributed by atoms with Gasteiger partial charge in [0.15, 0.2) is 0 Å². The molecule has 0 bridgehead atoms. The van der Waals surface area contributed by atoms with Crippen LogP contribution in [-0.4, -0.2) is 0 Å². The van der Waals surface area contributed by atoms with Crippen molar-refractivity contribution in [1.82, 2.24) is 0 Å². The van der Waals surface area contributed by atoms with Gasteiger partial charge in [-0.05, 0) is 54.2 Å². The fourth-order valence-corrected chi connectivity index (χ4v) is 2.39. The summed E-state index contributed by atoms with van der Waals surface area (Å²) in [6.45, 7) is 14.4. The molecule has 0 heterocycles. The van der Waals surface area contributed by atoms with E-state index in [1.54, 1.807) is 0 Å². The lowest BCUT2D eigenvalue weighted by molar-refractivity contribution is 1.31. The van der Waals surface area contributed by atoms with Crippen LogP contribution < -0.4 is 0 Å².